The van der Waals surface area contributed by atoms with Gasteiger partial charge in [0.15, 0.2) is 0 Å². The summed E-state index contributed by atoms with van der Waals surface area (Å²) in [5, 5.41) is 3.26. The minimum absolute atomic E-state index is 0.0508. The highest BCUT2D eigenvalue weighted by Crippen LogP contribution is 2.13. The van der Waals surface area contributed by atoms with E-state index in [4.69, 9.17) is 0 Å². The number of aromatic nitrogens is 2. The van der Waals surface area contributed by atoms with Crippen molar-refractivity contribution in [2.24, 2.45) is 0 Å². The van der Waals surface area contributed by atoms with Crippen LogP contribution in [0.5, 0.6) is 0 Å². The van der Waals surface area contributed by atoms with Gasteiger partial charge in [0.05, 0.1) is 12.0 Å². The van der Waals surface area contributed by atoms with E-state index in [9.17, 15) is 4.79 Å². The number of nitrogens with one attached hydrogen (secondary N) is 1. The second-order valence-corrected chi connectivity index (χ2v) is 5.78. The molecule has 0 atom stereocenters. The van der Waals surface area contributed by atoms with E-state index in [0.29, 0.717) is 23.3 Å². The van der Waals surface area contributed by atoms with Crippen LogP contribution in [0, 0.1) is 6.92 Å². The Kier molecular flexibility index (Phi) is 4.76. The summed E-state index contributed by atoms with van der Waals surface area (Å²) in [5.74, 6) is 0. The molecule has 0 fully saturated rings. The predicted octanol–water partition coefficient (Wildman–Crippen LogP) is 3.19. The van der Waals surface area contributed by atoms with Crippen LogP contribution >= 0.6 is 31.9 Å². The summed E-state index contributed by atoms with van der Waals surface area (Å²) >= 11 is 6.64. The van der Waals surface area contributed by atoms with Crippen molar-refractivity contribution in [3.8, 4) is 0 Å². The Morgan fingerprint density at radius 3 is 2.63 bits per heavy atom. The first-order valence-corrected chi connectivity index (χ1v) is 7.37. The lowest BCUT2D eigenvalue weighted by molar-refractivity contribution is 0.672. The van der Waals surface area contributed by atoms with Crippen molar-refractivity contribution in [1.82, 2.24) is 9.55 Å². The van der Waals surface area contributed by atoms with Crippen LogP contribution in [-0.4, -0.2) is 16.1 Å². The molecule has 1 aromatic carbocycles. The van der Waals surface area contributed by atoms with Crippen LogP contribution in [0.15, 0.2) is 44.3 Å². The Hall–Kier alpha value is -1.14. The van der Waals surface area contributed by atoms with Gasteiger partial charge in [0, 0.05) is 23.2 Å². The number of anilines is 1. The van der Waals surface area contributed by atoms with E-state index in [0.717, 1.165) is 10.2 Å². The van der Waals surface area contributed by atoms with Gasteiger partial charge in [-0.2, -0.15) is 0 Å². The fourth-order valence-electron chi connectivity index (χ4n) is 1.59. The molecule has 19 heavy (non-hydrogen) atoms. The molecule has 0 aliphatic heterocycles. The molecular weight excluding hydrogens is 374 g/mol. The second kappa shape index (κ2) is 6.34. The highest BCUT2D eigenvalue weighted by molar-refractivity contribution is 9.10. The van der Waals surface area contributed by atoms with Gasteiger partial charge >= 0.3 is 0 Å². The van der Waals surface area contributed by atoms with Crippen molar-refractivity contribution >= 4 is 37.5 Å². The molecule has 1 heterocycles. The summed E-state index contributed by atoms with van der Waals surface area (Å²) in [4.78, 5) is 16.1. The molecule has 0 amide bonds. The van der Waals surface area contributed by atoms with Crippen LogP contribution in [0.3, 0.4) is 0 Å². The monoisotopic (exact) mass is 385 g/mol. The third-order valence-electron chi connectivity index (χ3n) is 2.68. The zero-order valence-electron chi connectivity index (χ0n) is 10.4. The minimum atomic E-state index is -0.0508. The molecule has 2 aromatic rings. The first-order chi connectivity index (χ1) is 9.08. The van der Waals surface area contributed by atoms with Gasteiger partial charge in [0.2, 0.25) is 0 Å². The fraction of sp³-hybridized carbons (Fsp3) is 0.231. The maximum absolute atomic E-state index is 11.9. The van der Waals surface area contributed by atoms with Crippen LogP contribution in [0.4, 0.5) is 5.69 Å². The molecule has 0 saturated heterocycles. The SMILES string of the molecule is Cc1ncn(CCNc2ccc(Br)cc2)c(=O)c1Br. The Bertz CT molecular complexity index is 623. The predicted molar refractivity (Wildman–Crippen MR) is 83.6 cm³/mol. The van der Waals surface area contributed by atoms with Gasteiger partial charge in [-0.15, -0.1) is 0 Å². The van der Waals surface area contributed by atoms with E-state index < -0.39 is 0 Å². The molecule has 0 saturated carbocycles. The van der Waals surface area contributed by atoms with Crippen LogP contribution in [0.1, 0.15) is 5.69 Å². The van der Waals surface area contributed by atoms with E-state index in [-0.39, 0.29) is 5.56 Å². The van der Waals surface area contributed by atoms with E-state index in [1.807, 2.05) is 24.3 Å². The van der Waals surface area contributed by atoms with Gasteiger partial charge in [-0.1, -0.05) is 15.9 Å². The Labute approximate surface area is 128 Å². The van der Waals surface area contributed by atoms with Crippen LogP contribution in [0.2, 0.25) is 0 Å². The maximum Gasteiger partial charge on any atom is 0.267 e. The van der Waals surface area contributed by atoms with Gasteiger partial charge in [-0.3, -0.25) is 9.36 Å². The van der Waals surface area contributed by atoms with Crippen molar-refractivity contribution in [3.05, 3.63) is 55.6 Å². The first kappa shape index (κ1) is 14.3. The minimum Gasteiger partial charge on any atom is -0.383 e. The molecule has 0 unspecified atom stereocenters. The van der Waals surface area contributed by atoms with Gasteiger partial charge in [0.1, 0.15) is 4.47 Å². The van der Waals surface area contributed by atoms with Crippen LogP contribution in [-0.2, 0) is 6.54 Å². The summed E-state index contributed by atoms with van der Waals surface area (Å²) in [6, 6.07) is 7.91. The maximum atomic E-state index is 11.9. The zero-order chi connectivity index (χ0) is 13.8. The number of halogens is 2. The van der Waals surface area contributed by atoms with Crippen LogP contribution in [0.25, 0.3) is 0 Å². The lowest BCUT2D eigenvalue weighted by atomic mass is 10.3. The lowest BCUT2D eigenvalue weighted by Gasteiger charge is -2.09. The van der Waals surface area contributed by atoms with E-state index in [2.05, 4.69) is 42.2 Å². The summed E-state index contributed by atoms with van der Waals surface area (Å²) in [5.41, 5.74) is 1.68. The van der Waals surface area contributed by atoms with Crippen molar-refractivity contribution in [1.29, 1.82) is 0 Å². The molecule has 100 valence electrons. The van der Waals surface area contributed by atoms with E-state index in [1.54, 1.807) is 17.8 Å². The Morgan fingerprint density at radius 1 is 1.26 bits per heavy atom. The Balaban J connectivity index is 1.98. The average molecular weight is 387 g/mol. The fourth-order valence-corrected chi connectivity index (χ4v) is 2.19. The van der Waals surface area contributed by atoms with Crippen molar-refractivity contribution in [3.63, 3.8) is 0 Å². The molecule has 2 rings (SSSR count). The molecule has 0 radical (unpaired) electrons. The normalized spacial score (nSPS) is 10.5. The molecule has 1 N–H and O–H groups in total. The molecular formula is C13H13Br2N3O. The largest absolute Gasteiger partial charge is 0.383 e. The molecule has 0 bridgehead atoms. The molecule has 1 aromatic heterocycles. The number of hydrogen-bond donors (Lipinski definition) is 1. The van der Waals surface area contributed by atoms with Crippen molar-refractivity contribution < 1.29 is 0 Å². The van der Waals surface area contributed by atoms with Crippen molar-refractivity contribution in [2.75, 3.05) is 11.9 Å². The summed E-state index contributed by atoms with van der Waals surface area (Å²) in [6.07, 6.45) is 1.58. The number of aryl methyl sites for hydroxylation is 1. The highest BCUT2D eigenvalue weighted by atomic mass is 79.9. The lowest BCUT2D eigenvalue weighted by Crippen LogP contribution is -2.25. The second-order valence-electron chi connectivity index (χ2n) is 4.08. The number of benzene rings is 1. The zero-order valence-corrected chi connectivity index (χ0v) is 13.5. The molecule has 0 aliphatic carbocycles. The molecule has 0 aliphatic rings. The van der Waals surface area contributed by atoms with E-state index >= 15 is 0 Å². The third-order valence-corrected chi connectivity index (χ3v) is 4.12. The quantitative estimate of drug-likeness (QED) is 0.877. The van der Waals surface area contributed by atoms with Gasteiger partial charge in [0.25, 0.3) is 5.56 Å². The first-order valence-electron chi connectivity index (χ1n) is 5.79. The third kappa shape index (κ3) is 3.67. The number of rotatable bonds is 4. The number of nitrogens with zero attached hydrogens (tertiary/aromatic N) is 2. The standard InChI is InChI=1S/C13H13Br2N3O/c1-9-12(15)13(19)18(8-17-9)7-6-16-11-4-2-10(14)3-5-11/h2-5,8,16H,6-7H2,1H3. The summed E-state index contributed by atoms with van der Waals surface area (Å²) < 4.78 is 3.16. The van der Waals surface area contributed by atoms with Gasteiger partial charge in [-0.25, -0.2) is 4.98 Å². The topological polar surface area (TPSA) is 46.9 Å². The Morgan fingerprint density at radius 2 is 1.95 bits per heavy atom. The molecule has 4 nitrogen and oxygen atoms in total. The number of hydrogen-bond acceptors (Lipinski definition) is 3. The van der Waals surface area contributed by atoms with Gasteiger partial charge < -0.3 is 5.32 Å². The van der Waals surface area contributed by atoms with Crippen molar-refractivity contribution in [2.45, 2.75) is 13.5 Å². The average Bonchev–Trinajstić information content (AvgIpc) is 2.41. The highest BCUT2D eigenvalue weighted by Gasteiger charge is 2.04. The van der Waals surface area contributed by atoms with Crippen LogP contribution < -0.4 is 10.9 Å². The summed E-state index contributed by atoms with van der Waals surface area (Å²) in [6.45, 7) is 3.04. The smallest absolute Gasteiger partial charge is 0.267 e. The van der Waals surface area contributed by atoms with Gasteiger partial charge in [-0.05, 0) is 47.1 Å². The summed E-state index contributed by atoms with van der Waals surface area (Å²) in [7, 11) is 0. The molecule has 6 heteroatoms. The van der Waals surface area contributed by atoms with E-state index in [1.165, 1.54) is 0 Å². The molecule has 0 spiro atoms.